The monoisotopic (exact) mass is 279 g/mol. The first-order valence-electron chi connectivity index (χ1n) is 7.63. The van der Waals surface area contributed by atoms with Gasteiger partial charge >= 0.3 is 5.97 Å². The maximum atomic E-state index is 12.9. The molecule has 4 rings (SSSR count). The number of nitrogens with zero attached hydrogens (tertiary/aromatic N) is 1. The van der Waals surface area contributed by atoms with Gasteiger partial charge in [0.05, 0.1) is 5.41 Å². The highest BCUT2D eigenvalue weighted by Crippen LogP contribution is 2.69. The fourth-order valence-corrected chi connectivity index (χ4v) is 6.37. The van der Waals surface area contributed by atoms with E-state index in [0.29, 0.717) is 5.92 Å². The fourth-order valence-electron chi connectivity index (χ4n) is 6.37. The number of carboxylic acid groups (broad SMARTS) is 1. The van der Waals surface area contributed by atoms with Gasteiger partial charge in [-0.3, -0.25) is 9.59 Å². The minimum absolute atomic E-state index is 0.0708. The van der Waals surface area contributed by atoms with Gasteiger partial charge in [-0.1, -0.05) is 13.8 Å². The second kappa shape index (κ2) is 3.99. The van der Waals surface area contributed by atoms with Crippen molar-refractivity contribution in [3.63, 3.8) is 0 Å². The lowest BCUT2D eigenvalue weighted by molar-refractivity contribution is -0.179. The molecule has 0 aliphatic heterocycles. The Morgan fingerprint density at radius 3 is 2.10 bits per heavy atom. The molecule has 0 heterocycles. The Labute approximate surface area is 120 Å². The highest BCUT2D eigenvalue weighted by Gasteiger charge is 2.63. The van der Waals surface area contributed by atoms with E-state index < -0.39 is 5.97 Å². The summed E-state index contributed by atoms with van der Waals surface area (Å²) in [4.78, 5) is 25.2. The second-order valence-electron chi connectivity index (χ2n) is 8.47. The average molecular weight is 279 g/mol. The summed E-state index contributed by atoms with van der Waals surface area (Å²) in [5.41, 5.74) is 0.287. The van der Waals surface area contributed by atoms with Gasteiger partial charge in [0.15, 0.2) is 0 Å². The quantitative estimate of drug-likeness (QED) is 0.863. The van der Waals surface area contributed by atoms with Crippen LogP contribution in [-0.4, -0.2) is 35.5 Å². The number of likely N-dealkylation sites (N-methyl/N-ethyl adjacent to an activating group) is 1. The largest absolute Gasteiger partial charge is 0.480 e. The number of rotatable bonds is 3. The summed E-state index contributed by atoms with van der Waals surface area (Å²) < 4.78 is 0. The molecule has 4 nitrogen and oxygen atoms in total. The van der Waals surface area contributed by atoms with E-state index in [0.717, 1.165) is 19.3 Å². The Balaban J connectivity index is 1.89. The van der Waals surface area contributed by atoms with Crippen molar-refractivity contribution in [3.05, 3.63) is 0 Å². The third-order valence-electron chi connectivity index (χ3n) is 5.80. The van der Waals surface area contributed by atoms with E-state index in [1.165, 1.54) is 24.2 Å². The number of carbonyl (C=O) groups excluding carboxylic acids is 1. The Morgan fingerprint density at radius 1 is 1.10 bits per heavy atom. The molecule has 2 atom stereocenters. The topological polar surface area (TPSA) is 57.6 Å². The van der Waals surface area contributed by atoms with Gasteiger partial charge in [0.1, 0.15) is 6.54 Å². The number of amides is 1. The lowest BCUT2D eigenvalue weighted by atomic mass is 9.40. The van der Waals surface area contributed by atoms with Crippen molar-refractivity contribution in [3.8, 4) is 0 Å². The number of carbonyl (C=O) groups is 2. The summed E-state index contributed by atoms with van der Waals surface area (Å²) in [5, 5.41) is 8.92. The predicted molar refractivity (Wildman–Crippen MR) is 75.1 cm³/mol. The summed E-state index contributed by atoms with van der Waals surface area (Å²) in [6.07, 6.45) is 6.61. The molecular formula is C16H25NO3. The van der Waals surface area contributed by atoms with Crippen LogP contribution in [0.4, 0.5) is 0 Å². The van der Waals surface area contributed by atoms with Crippen LogP contribution in [0.1, 0.15) is 52.4 Å². The van der Waals surface area contributed by atoms with Gasteiger partial charge in [-0.15, -0.1) is 0 Å². The molecule has 112 valence electrons. The van der Waals surface area contributed by atoms with Crippen molar-refractivity contribution in [2.24, 2.45) is 22.2 Å². The van der Waals surface area contributed by atoms with Gasteiger partial charge < -0.3 is 10.0 Å². The lowest BCUT2D eigenvalue weighted by Gasteiger charge is -2.65. The summed E-state index contributed by atoms with van der Waals surface area (Å²) in [5.74, 6) is -0.201. The van der Waals surface area contributed by atoms with Crippen molar-refractivity contribution in [1.29, 1.82) is 0 Å². The molecular weight excluding hydrogens is 254 g/mol. The highest BCUT2D eigenvalue weighted by atomic mass is 16.4. The molecule has 0 saturated heterocycles. The van der Waals surface area contributed by atoms with E-state index in [1.807, 2.05) is 0 Å². The smallest absolute Gasteiger partial charge is 0.323 e. The average Bonchev–Trinajstić information content (AvgIpc) is 2.21. The van der Waals surface area contributed by atoms with Crippen molar-refractivity contribution in [2.45, 2.75) is 52.4 Å². The minimum Gasteiger partial charge on any atom is -0.480 e. The van der Waals surface area contributed by atoms with E-state index in [-0.39, 0.29) is 28.7 Å². The molecule has 4 fully saturated rings. The van der Waals surface area contributed by atoms with Crippen LogP contribution in [0.3, 0.4) is 0 Å². The molecule has 4 heteroatoms. The minimum atomic E-state index is -0.928. The Morgan fingerprint density at radius 2 is 1.65 bits per heavy atom. The first-order chi connectivity index (χ1) is 9.15. The van der Waals surface area contributed by atoms with Gasteiger partial charge in [-0.25, -0.2) is 0 Å². The first-order valence-corrected chi connectivity index (χ1v) is 7.63. The second-order valence-corrected chi connectivity index (χ2v) is 8.47. The molecule has 0 aromatic carbocycles. The molecule has 0 aromatic rings. The number of hydrogen-bond donors (Lipinski definition) is 1. The SMILES string of the molecule is CN(CC(=O)O)C(=O)C12CC3CC(C)(CC(C)(C3)C1)C2. The Hall–Kier alpha value is -1.06. The zero-order chi connectivity index (χ0) is 14.8. The number of carboxylic acids is 1. The maximum absolute atomic E-state index is 12.9. The molecule has 4 aliphatic rings. The molecule has 4 aliphatic carbocycles. The molecule has 0 spiro atoms. The number of aliphatic carboxylic acids is 1. The van der Waals surface area contributed by atoms with Crippen LogP contribution in [0.15, 0.2) is 0 Å². The lowest BCUT2D eigenvalue weighted by Crippen LogP contribution is -2.60. The van der Waals surface area contributed by atoms with Gasteiger partial charge in [0.2, 0.25) is 5.91 Å². The van der Waals surface area contributed by atoms with Crippen LogP contribution in [0.25, 0.3) is 0 Å². The number of hydrogen-bond acceptors (Lipinski definition) is 2. The molecule has 2 unspecified atom stereocenters. The molecule has 4 bridgehead atoms. The zero-order valence-corrected chi connectivity index (χ0v) is 12.7. The highest BCUT2D eigenvalue weighted by molar-refractivity contribution is 5.86. The van der Waals surface area contributed by atoms with Crippen molar-refractivity contribution in [1.82, 2.24) is 4.90 Å². The molecule has 20 heavy (non-hydrogen) atoms. The third-order valence-corrected chi connectivity index (χ3v) is 5.80. The maximum Gasteiger partial charge on any atom is 0.323 e. The Kier molecular flexibility index (Phi) is 2.77. The molecule has 0 aromatic heterocycles. The molecule has 1 amide bonds. The van der Waals surface area contributed by atoms with E-state index in [1.54, 1.807) is 7.05 Å². The molecule has 0 radical (unpaired) electrons. The van der Waals surface area contributed by atoms with Gasteiger partial charge in [-0.2, -0.15) is 0 Å². The predicted octanol–water partition coefficient (Wildman–Crippen LogP) is 2.53. The molecule has 4 saturated carbocycles. The van der Waals surface area contributed by atoms with Crippen LogP contribution >= 0.6 is 0 Å². The normalized spacial score (nSPS) is 45.5. The van der Waals surface area contributed by atoms with Crippen LogP contribution in [0, 0.1) is 22.2 Å². The van der Waals surface area contributed by atoms with E-state index in [9.17, 15) is 9.59 Å². The van der Waals surface area contributed by atoms with Gasteiger partial charge in [0, 0.05) is 7.05 Å². The van der Waals surface area contributed by atoms with Crippen LogP contribution in [0.5, 0.6) is 0 Å². The zero-order valence-electron chi connectivity index (χ0n) is 12.7. The Bertz CT molecular complexity index is 454. The first kappa shape index (κ1) is 13.9. The van der Waals surface area contributed by atoms with Crippen LogP contribution in [-0.2, 0) is 9.59 Å². The fraction of sp³-hybridized carbons (Fsp3) is 0.875. The van der Waals surface area contributed by atoms with Gasteiger partial charge in [0.25, 0.3) is 0 Å². The van der Waals surface area contributed by atoms with Crippen molar-refractivity contribution in [2.75, 3.05) is 13.6 Å². The van der Waals surface area contributed by atoms with Crippen molar-refractivity contribution < 1.29 is 14.7 Å². The third kappa shape index (κ3) is 2.04. The van der Waals surface area contributed by atoms with Gasteiger partial charge in [-0.05, 0) is 55.3 Å². The van der Waals surface area contributed by atoms with E-state index >= 15 is 0 Å². The summed E-state index contributed by atoms with van der Waals surface area (Å²) >= 11 is 0. The van der Waals surface area contributed by atoms with E-state index in [2.05, 4.69) is 13.8 Å². The van der Waals surface area contributed by atoms with Crippen LogP contribution < -0.4 is 0 Å². The summed E-state index contributed by atoms with van der Waals surface area (Å²) in [6, 6.07) is 0. The summed E-state index contributed by atoms with van der Waals surface area (Å²) in [6.45, 7) is 4.47. The van der Waals surface area contributed by atoms with E-state index in [4.69, 9.17) is 5.11 Å². The summed E-state index contributed by atoms with van der Waals surface area (Å²) in [7, 11) is 1.64. The molecule has 1 N–H and O–H groups in total. The van der Waals surface area contributed by atoms with Crippen molar-refractivity contribution >= 4 is 11.9 Å². The standard InChI is InChI=1S/C16H25NO3/c1-14-4-11-5-15(2,8-14)10-16(6-11,9-14)13(20)17(3)7-12(18)19/h11H,4-10H2,1-3H3,(H,18,19). The van der Waals surface area contributed by atoms with Crippen LogP contribution in [0.2, 0.25) is 0 Å².